The van der Waals surface area contributed by atoms with Crippen molar-refractivity contribution in [2.24, 2.45) is 0 Å². The molecule has 0 aliphatic carbocycles. The Morgan fingerprint density at radius 1 is 1.33 bits per heavy atom. The normalized spacial score (nSPS) is 10.2. The highest BCUT2D eigenvalue weighted by Crippen LogP contribution is 2.28. The summed E-state index contributed by atoms with van der Waals surface area (Å²) in [6, 6.07) is 6.91. The molecule has 0 saturated heterocycles. The van der Waals surface area contributed by atoms with Crippen LogP contribution < -0.4 is 15.8 Å². The highest BCUT2D eigenvalue weighted by molar-refractivity contribution is 9.10. The van der Waals surface area contributed by atoms with Gasteiger partial charge in [0.05, 0.1) is 12.1 Å². The van der Waals surface area contributed by atoms with Gasteiger partial charge in [-0.2, -0.15) is 4.98 Å². The van der Waals surface area contributed by atoms with E-state index in [0.29, 0.717) is 27.1 Å². The summed E-state index contributed by atoms with van der Waals surface area (Å²) in [7, 11) is 1.56. The van der Waals surface area contributed by atoms with E-state index in [4.69, 9.17) is 22.1 Å². The van der Waals surface area contributed by atoms with Gasteiger partial charge in [-0.1, -0.05) is 11.6 Å². The Kier molecular flexibility index (Phi) is 3.88. The van der Waals surface area contributed by atoms with Crippen molar-refractivity contribution >= 4 is 45.0 Å². The SMILES string of the molecule is COc1ccc(Nc2nc(N)cc(Br)n2)cc1Cl. The number of hydrogen-bond acceptors (Lipinski definition) is 5. The Balaban J connectivity index is 2.25. The Morgan fingerprint density at radius 3 is 2.72 bits per heavy atom. The summed E-state index contributed by atoms with van der Waals surface area (Å²) in [5.74, 6) is 1.37. The number of anilines is 3. The fourth-order valence-electron chi connectivity index (χ4n) is 1.36. The van der Waals surface area contributed by atoms with E-state index >= 15 is 0 Å². The standard InChI is InChI=1S/C11H10BrClN4O/c1-18-8-3-2-6(4-7(8)13)15-11-16-9(12)5-10(14)17-11/h2-5H,1H3,(H3,14,15,16,17). The number of aromatic nitrogens is 2. The lowest BCUT2D eigenvalue weighted by Gasteiger charge is -2.08. The van der Waals surface area contributed by atoms with Crippen LogP contribution in [0.15, 0.2) is 28.9 Å². The molecule has 18 heavy (non-hydrogen) atoms. The quantitative estimate of drug-likeness (QED) is 0.846. The largest absolute Gasteiger partial charge is 0.495 e. The molecule has 1 aromatic carbocycles. The lowest BCUT2D eigenvalue weighted by molar-refractivity contribution is 0.415. The summed E-state index contributed by atoms with van der Waals surface area (Å²) in [5, 5.41) is 3.51. The summed E-state index contributed by atoms with van der Waals surface area (Å²) in [6.07, 6.45) is 0. The number of nitrogens with one attached hydrogen (secondary N) is 1. The predicted molar refractivity (Wildman–Crippen MR) is 75.4 cm³/mol. The Hall–Kier alpha value is -1.53. The van der Waals surface area contributed by atoms with Crippen LogP contribution in [0.5, 0.6) is 5.75 Å². The van der Waals surface area contributed by atoms with Crippen molar-refractivity contribution in [1.82, 2.24) is 9.97 Å². The number of ether oxygens (including phenoxy) is 1. The van der Waals surface area contributed by atoms with Gasteiger partial charge in [0.1, 0.15) is 16.2 Å². The third-order valence-corrected chi connectivity index (χ3v) is 2.82. The minimum atomic E-state index is 0.374. The number of benzene rings is 1. The molecule has 0 aliphatic heterocycles. The van der Waals surface area contributed by atoms with Crippen molar-refractivity contribution in [3.05, 3.63) is 33.9 Å². The van der Waals surface area contributed by atoms with Crippen molar-refractivity contribution < 1.29 is 4.74 Å². The highest BCUT2D eigenvalue weighted by atomic mass is 79.9. The van der Waals surface area contributed by atoms with Crippen molar-refractivity contribution in [3.8, 4) is 5.75 Å². The molecular weight excluding hydrogens is 320 g/mol. The number of halogens is 2. The molecule has 0 aliphatic rings. The lowest BCUT2D eigenvalue weighted by Crippen LogP contribution is -2.00. The van der Waals surface area contributed by atoms with Crippen LogP contribution in [0, 0.1) is 0 Å². The van der Waals surface area contributed by atoms with Crippen molar-refractivity contribution in [2.75, 3.05) is 18.2 Å². The first-order valence-corrected chi connectivity index (χ1v) is 6.16. The predicted octanol–water partition coefficient (Wildman–Crippen LogP) is 3.23. The van der Waals surface area contributed by atoms with E-state index in [1.807, 2.05) is 6.07 Å². The van der Waals surface area contributed by atoms with Crippen molar-refractivity contribution in [1.29, 1.82) is 0 Å². The molecule has 2 aromatic rings. The molecule has 1 aromatic heterocycles. The van der Waals surface area contributed by atoms with E-state index in [0.717, 1.165) is 5.69 Å². The average Bonchev–Trinajstić information content (AvgIpc) is 2.27. The van der Waals surface area contributed by atoms with Crippen LogP contribution >= 0.6 is 27.5 Å². The van der Waals surface area contributed by atoms with Gasteiger partial charge in [-0.15, -0.1) is 0 Å². The topological polar surface area (TPSA) is 73.1 Å². The highest BCUT2D eigenvalue weighted by Gasteiger charge is 2.04. The molecule has 0 fully saturated rings. The third-order valence-electron chi connectivity index (χ3n) is 2.12. The molecule has 0 saturated carbocycles. The Morgan fingerprint density at radius 2 is 2.11 bits per heavy atom. The van der Waals surface area contributed by atoms with Crippen LogP contribution in [-0.4, -0.2) is 17.1 Å². The van der Waals surface area contributed by atoms with E-state index in [1.54, 1.807) is 25.3 Å². The van der Waals surface area contributed by atoms with Crippen LogP contribution in [0.3, 0.4) is 0 Å². The first-order chi connectivity index (χ1) is 8.58. The third kappa shape index (κ3) is 3.02. The van der Waals surface area contributed by atoms with Gasteiger partial charge in [-0.05, 0) is 34.1 Å². The van der Waals surface area contributed by atoms with Gasteiger partial charge in [0.25, 0.3) is 0 Å². The van der Waals surface area contributed by atoms with Crippen LogP contribution in [0.25, 0.3) is 0 Å². The molecule has 5 nitrogen and oxygen atoms in total. The summed E-state index contributed by atoms with van der Waals surface area (Å²) in [6.45, 7) is 0. The number of nitrogen functional groups attached to an aromatic ring is 1. The molecule has 2 rings (SSSR count). The fourth-order valence-corrected chi connectivity index (χ4v) is 2.02. The summed E-state index contributed by atoms with van der Waals surface area (Å²) < 4.78 is 5.68. The van der Waals surface area contributed by atoms with Crippen LogP contribution in [0.1, 0.15) is 0 Å². The number of hydrogen-bond donors (Lipinski definition) is 2. The smallest absolute Gasteiger partial charge is 0.230 e. The van der Waals surface area contributed by atoms with Crippen LogP contribution in [0.2, 0.25) is 5.02 Å². The van der Waals surface area contributed by atoms with E-state index in [2.05, 4.69) is 31.2 Å². The zero-order valence-corrected chi connectivity index (χ0v) is 11.8. The van der Waals surface area contributed by atoms with Gasteiger partial charge in [0, 0.05) is 11.8 Å². The molecule has 0 bridgehead atoms. The maximum Gasteiger partial charge on any atom is 0.230 e. The van der Waals surface area contributed by atoms with E-state index in [-0.39, 0.29) is 0 Å². The minimum Gasteiger partial charge on any atom is -0.495 e. The Labute approximate surface area is 117 Å². The van der Waals surface area contributed by atoms with Gasteiger partial charge in [0.2, 0.25) is 5.95 Å². The Bertz CT molecular complexity index is 559. The molecule has 94 valence electrons. The molecule has 0 atom stereocenters. The monoisotopic (exact) mass is 328 g/mol. The molecule has 0 radical (unpaired) electrons. The van der Waals surface area contributed by atoms with Crippen molar-refractivity contribution in [2.45, 2.75) is 0 Å². The van der Waals surface area contributed by atoms with E-state index in [9.17, 15) is 0 Å². The van der Waals surface area contributed by atoms with E-state index in [1.165, 1.54) is 0 Å². The lowest BCUT2D eigenvalue weighted by atomic mass is 10.3. The molecule has 0 amide bonds. The van der Waals surface area contributed by atoms with Crippen LogP contribution in [0.4, 0.5) is 17.5 Å². The summed E-state index contributed by atoms with van der Waals surface area (Å²) in [4.78, 5) is 8.19. The maximum absolute atomic E-state index is 6.02. The maximum atomic E-state index is 6.02. The zero-order chi connectivity index (χ0) is 13.1. The molecule has 1 heterocycles. The molecule has 3 N–H and O–H groups in total. The number of nitrogens with two attached hydrogens (primary N) is 1. The second kappa shape index (κ2) is 5.41. The first kappa shape index (κ1) is 12.9. The number of rotatable bonds is 3. The molecule has 0 spiro atoms. The molecule has 0 unspecified atom stereocenters. The van der Waals surface area contributed by atoms with Crippen molar-refractivity contribution in [3.63, 3.8) is 0 Å². The zero-order valence-electron chi connectivity index (χ0n) is 9.45. The van der Waals surface area contributed by atoms with Crippen LogP contribution in [-0.2, 0) is 0 Å². The van der Waals surface area contributed by atoms with E-state index < -0.39 is 0 Å². The van der Waals surface area contributed by atoms with Gasteiger partial charge in [0.15, 0.2) is 0 Å². The van der Waals surface area contributed by atoms with Gasteiger partial charge < -0.3 is 15.8 Å². The fraction of sp³-hybridized carbons (Fsp3) is 0.0909. The van der Waals surface area contributed by atoms with Gasteiger partial charge >= 0.3 is 0 Å². The first-order valence-electron chi connectivity index (χ1n) is 4.99. The molecule has 7 heteroatoms. The summed E-state index contributed by atoms with van der Waals surface area (Å²) >= 11 is 9.26. The van der Waals surface area contributed by atoms with Gasteiger partial charge in [-0.3, -0.25) is 0 Å². The number of nitrogens with zero attached hydrogens (tertiary/aromatic N) is 2. The number of methoxy groups -OCH3 is 1. The summed E-state index contributed by atoms with van der Waals surface area (Å²) in [5.41, 5.74) is 6.37. The minimum absolute atomic E-state index is 0.374. The second-order valence-electron chi connectivity index (χ2n) is 3.41. The van der Waals surface area contributed by atoms with Gasteiger partial charge in [-0.25, -0.2) is 4.98 Å². The average molecular weight is 330 g/mol. The molecular formula is C11H10BrClN4O. The second-order valence-corrected chi connectivity index (χ2v) is 4.63.